The molecule has 296 valence electrons. The van der Waals surface area contributed by atoms with Crippen molar-refractivity contribution in [3.8, 4) is 44.5 Å². The van der Waals surface area contributed by atoms with Crippen LogP contribution in [0.5, 0.6) is 0 Å². The quantitative estimate of drug-likeness (QED) is 0.142. The first-order chi connectivity index (χ1) is 30.4. The molecule has 0 bridgehead atoms. The lowest BCUT2D eigenvalue weighted by atomic mass is 9.81. The van der Waals surface area contributed by atoms with E-state index in [1.54, 1.807) is 0 Å². The van der Waals surface area contributed by atoms with E-state index in [1.165, 1.54) is 66.6 Å². The van der Waals surface area contributed by atoms with E-state index in [0.717, 1.165) is 50.0 Å². The minimum Gasteiger partial charge on any atom is -0.455 e. The maximum Gasteiger partial charge on any atom is 0.143 e. The molecule has 0 radical (unpaired) electrons. The Morgan fingerprint density at radius 3 is 1.79 bits per heavy atom. The highest BCUT2D eigenvalue weighted by molar-refractivity contribution is 6.19. The van der Waals surface area contributed by atoms with Crippen LogP contribution >= 0.6 is 0 Å². The number of rotatable bonds is 8. The predicted octanol–water partition coefficient (Wildman–Crippen LogP) is 17.0. The van der Waals surface area contributed by atoms with Gasteiger partial charge in [0.05, 0.1) is 0 Å². The Balaban J connectivity index is 1.00. The smallest absolute Gasteiger partial charge is 0.143 e. The van der Waals surface area contributed by atoms with Gasteiger partial charge >= 0.3 is 0 Å². The van der Waals surface area contributed by atoms with Crippen molar-refractivity contribution < 1.29 is 4.42 Å². The average Bonchev–Trinajstić information content (AvgIpc) is 3.81. The summed E-state index contributed by atoms with van der Waals surface area (Å²) in [4.78, 5) is 2.42. The molecule has 10 aromatic rings. The number of anilines is 3. The lowest BCUT2D eigenvalue weighted by molar-refractivity contribution is 0.660. The van der Waals surface area contributed by atoms with Gasteiger partial charge in [-0.05, 0) is 128 Å². The molecule has 0 atom stereocenters. The summed E-state index contributed by atoms with van der Waals surface area (Å²) in [5, 5.41) is 4.62. The summed E-state index contributed by atoms with van der Waals surface area (Å²) in [5.41, 5.74) is 19.8. The van der Waals surface area contributed by atoms with E-state index in [4.69, 9.17) is 4.42 Å². The topological polar surface area (TPSA) is 16.4 Å². The van der Waals surface area contributed by atoms with Gasteiger partial charge in [0.1, 0.15) is 11.2 Å². The Morgan fingerprint density at radius 1 is 0.484 bits per heavy atom. The van der Waals surface area contributed by atoms with E-state index in [2.05, 4.69) is 220 Å². The fraction of sp³-hybridized carbons (Fsp3) is 0.0667. The number of nitrogens with zero attached hydrogens (tertiary/aromatic N) is 1. The summed E-state index contributed by atoms with van der Waals surface area (Å²) >= 11 is 0. The summed E-state index contributed by atoms with van der Waals surface area (Å²) in [6.45, 7) is 10.9. The predicted molar refractivity (Wildman–Crippen MR) is 264 cm³/mol. The maximum atomic E-state index is 6.46. The van der Waals surface area contributed by atoms with Crippen LogP contribution in [0.2, 0.25) is 0 Å². The lowest BCUT2D eigenvalue weighted by Crippen LogP contribution is -2.17. The highest BCUT2D eigenvalue weighted by Gasteiger charge is 2.36. The van der Waals surface area contributed by atoms with Gasteiger partial charge in [-0.2, -0.15) is 0 Å². The normalized spacial score (nSPS) is 12.9. The SMILES string of the molecule is C=C/C=C\c1cccc(N(c2ccc(-c3ccc(-c4ccccc4)cc3)cc2)c2ccc3c(c2)C(C)(C)c2cc(-c4cc5c6ccccc6oc5c5ccccc45)ccc2-3)c1C. The summed E-state index contributed by atoms with van der Waals surface area (Å²) < 4.78 is 6.46. The molecule has 9 aromatic carbocycles. The van der Waals surface area contributed by atoms with Crippen molar-refractivity contribution in [3.05, 3.63) is 229 Å². The molecule has 1 aliphatic carbocycles. The van der Waals surface area contributed by atoms with Gasteiger partial charge in [-0.25, -0.2) is 0 Å². The summed E-state index contributed by atoms with van der Waals surface area (Å²) in [7, 11) is 0. The molecule has 0 unspecified atom stereocenters. The summed E-state index contributed by atoms with van der Waals surface area (Å²) in [5.74, 6) is 0. The molecule has 0 amide bonds. The first kappa shape index (κ1) is 37.3. The lowest BCUT2D eigenvalue weighted by Gasteiger charge is -2.30. The van der Waals surface area contributed by atoms with E-state index in [-0.39, 0.29) is 5.41 Å². The van der Waals surface area contributed by atoms with Crippen molar-refractivity contribution >= 4 is 55.8 Å². The summed E-state index contributed by atoms with van der Waals surface area (Å²) in [6, 6.07) is 68.5. The number of benzene rings is 9. The molecule has 0 fully saturated rings. The van der Waals surface area contributed by atoms with Crippen molar-refractivity contribution in [3.63, 3.8) is 0 Å². The van der Waals surface area contributed by atoms with Gasteiger partial charge in [0, 0.05) is 38.6 Å². The second-order valence-electron chi connectivity index (χ2n) is 17.0. The zero-order valence-corrected chi connectivity index (χ0v) is 35.2. The third-order valence-corrected chi connectivity index (χ3v) is 13.1. The highest BCUT2D eigenvalue weighted by atomic mass is 16.3. The third kappa shape index (κ3) is 6.10. The number of hydrogen-bond donors (Lipinski definition) is 0. The first-order valence-electron chi connectivity index (χ1n) is 21.4. The van der Waals surface area contributed by atoms with Gasteiger partial charge in [0.15, 0.2) is 0 Å². The second-order valence-corrected chi connectivity index (χ2v) is 17.0. The molecule has 62 heavy (non-hydrogen) atoms. The minimum atomic E-state index is -0.246. The van der Waals surface area contributed by atoms with E-state index in [9.17, 15) is 0 Å². The van der Waals surface area contributed by atoms with Crippen LogP contribution in [0.4, 0.5) is 17.1 Å². The van der Waals surface area contributed by atoms with Crippen LogP contribution in [-0.2, 0) is 5.41 Å². The van der Waals surface area contributed by atoms with Gasteiger partial charge in [0.2, 0.25) is 0 Å². The second kappa shape index (κ2) is 14.8. The molecule has 0 aliphatic heterocycles. The fourth-order valence-corrected chi connectivity index (χ4v) is 9.77. The van der Waals surface area contributed by atoms with Gasteiger partial charge in [-0.3, -0.25) is 0 Å². The van der Waals surface area contributed by atoms with E-state index in [0.29, 0.717) is 0 Å². The Morgan fingerprint density at radius 2 is 1.06 bits per heavy atom. The van der Waals surface area contributed by atoms with Crippen LogP contribution in [0.1, 0.15) is 36.1 Å². The van der Waals surface area contributed by atoms with Gasteiger partial charge in [0.25, 0.3) is 0 Å². The minimum absolute atomic E-state index is 0.246. The molecule has 2 heteroatoms. The molecule has 11 rings (SSSR count). The largest absolute Gasteiger partial charge is 0.455 e. The zero-order chi connectivity index (χ0) is 42.0. The number of hydrogen-bond acceptors (Lipinski definition) is 2. The van der Waals surface area contributed by atoms with E-state index in [1.807, 2.05) is 18.2 Å². The Bertz CT molecular complexity index is 3380. The summed E-state index contributed by atoms with van der Waals surface area (Å²) in [6.07, 6.45) is 5.99. The molecule has 0 spiro atoms. The molecule has 2 nitrogen and oxygen atoms in total. The monoisotopic (exact) mass is 795 g/mol. The average molecular weight is 796 g/mol. The van der Waals surface area contributed by atoms with E-state index >= 15 is 0 Å². The number of allylic oxidation sites excluding steroid dienone is 2. The van der Waals surface area contributed by atoms with Crippen LogP contribution in [-0.4, -0.2) is 0 Å². The van der Waals surface area contributed by atoms with Gasteiger partial charge in [-0.15, -0.1) is 0 Å². The van der Waals surface area contributed by atoms with Crippen LogP contribution < -0.4 is 4.90 Å². The Labute approximate surface area is 363 Å². The number of fused-ring (bicyclic) bond motifs is 8. The van der Waals surface area contributed by atoms with Gasteiger partial charge in [-0.1, -0.05) is 178 Å². The third-order valence-electron chi connectivity index (χ3n) is 13.1. The van der Waals surface area contributed by atoms with Crippen molar-refractivity contribution in [2.75, 3.05) is 4.90 Å². The van der Waals surface area contributed by atoms with Crippen molar-refractivity contribution in [2.24, 2.45) is 0 Å². The van der Waals surface area contributed by atoms with Crippen LogP contribution in [0.15, 0.2) is 211 Å². The molecule has 0 N–H and O–H groups in total. The highest BCUT2D eigenvalue weighted by Crippen LogP contribution is 2.52. The van der Waals surface area contributed by atoms with E-state index < -0.39 is 0 Å². The molecule has 1 heterocycles. The number of para-hydroxylation sites is 1. The van der Waals surface area contributed by atoms with Crippen LogP contribution in [0.3, 0.4) is 0 Å². The first-order valence-corrected chi connectivity index (χ1v) is 21.4. The van der Waals surface area contributed by atoms with Gasteiger partial charge < -0.3 is 9.32 Å². The maximum absolute atomic E-state index is 6.46. The molecule has 0 saturated heterocycles. The Hall–Kier alpha value is -7.68. The zero-order valence-electron chi connectivity index (χ0n) is 35.2. The molecule has 1 aliphatic rings. The fourth-order valence-electron chi connectivity index (χ4n) is 9.77. The standard InChI is InChI=1S/C60H45NO/c1-5-6-15-40-18-14-22-57(39(40)2)61(46-31-28-44(29-32-46)43-26-24-42(25-27-43)41-16-8-7-9-17-41)47-33-35-50-49-34-30-45(36-55(49)60(3,4)56(50)37-47)53-38-54-51-20-12-13-23-58(51)62-59(54)52-21-11-10-19-48(52)53/h5-38H,1H2,2-4H3/b15-6-. The Kier molecular flexibility index (Phi) is 8.91. The molecular weight excluding hydrogens is 751 g/mol. The van der Waals surface area contributed by atoms with Crippen LogP contribution in [0, 0.1) is 6.92 Å². The van der Waals surface area contributed by atoms with Crippen molar-refractivity contribution in [1.29, 1.82) is 0 Å². The molecule has 0 saturated carbocycles. The number of furan rings is 1. The molecular formula is C60H45NO. The van der Waals surface area contributed by atoms with Crippen LogP contribution in [0.25, 0.3) is 83.3 Å². The molecule has 1 aromatic heterocycles. The van der Waals surface area contributed by atoms with Crippen molar-refractivity contribution in [2.45, 2.75) is 26.2 Å². The van der Waals surface area contributed by atoms with Crippen molar-refractivity contribution in [1.82, 2.24) is 0 Å².